The van der Waals surface area contributed by atoms with Crippen molar-refractivity contribution in [3.8, 4) is 22.5 Å². The largest absolute Gasteiger partial charge is 0.379 e. The third kappa shape index (κ3) is 8.30. The highest BCUT2D eigenvalue weighted by Gasteiger charge is 2.31. The third-order valence-electron chi connectivity index (χ3n) is 9.75. The zero-order valence-electron chi connectivity index (χ0n) is 27.7. The minimum Gasteiger partial charge on any atom is -0.379 e. The van der Waals surface area contributed by atoms with E-state index in [4.69, 9.17) is 10.5 Å². The second kappa shape index (κ2) is 15.5. The highest BCUT2D eigenvalue weighted by atomic mass is 32.2. The SMILES string of the molecule is Cc1ccc(S(=O)(=O)N2CCOCC2)cc1-c1cccc(C[C@H](CC(=O)C2CCC(CN)CC2)C(=O)Nc2ccc(-c3nn[nH]n3)cc2)c1. The summed E-state index contributed by atoms with van der Waals surface area (Å²) in [5.41, 5.74) is 10.7. The Hall–Kier alpha value is -4.30. The first kappa shape index (κ1) is 34.6. The number of hydrogen-bond donors (Lipinski definition) is 3. The van der Waals surface area contributed by atoms with Gasteiger partial charge in [-0.25, -0.2) is 8.42 Å². The van der Waals surface area contributed by atoms with Gasteiger partial charge >= 0.3 is 0 Å². The molecule has 1 aliphatic carbocycles. The fourth-order valence-corrected chi connectivity index (χ4v) is 8.21. The van der Waals surface area contributed by atoms with Gasteiger partial charge in [-0.2, -0.15) is 9.52 Å². The van der Waals surface area contributed by atoms with Gasteiger partial charge in [0.05, 0.1) is 18.1 Å². The lowest BCUT2D eigenvalue weighted by Gasteiger charge is -2.28. The Balaban J connectivity index is 1.23. The van der Waals surface area contributed by atoms with Gasteiger partial charge in [-0.1, -0.05) is 30.3 Å². The molecule has 1 amide bonds. The van der Waals surface area contributed by atoms with Gasteiger partial charge in [-0.05, 0) is 115 Å². The van der Waals surface area contributed by atoms with Gasteiger partial charge in [-0.3, -0.25) is 9.59 Å². The molecule has 49 heavy (non-hydrogen) atoms. The second-order valence-electron chi connectivity index (χ2n) is 13.0. The molecular weight excluding hydrogens is 643 g/mol. The summed E-state index contributed by atoms with van der Waals surface area (Å²) in [6.45, 7) is 3.97. The maximum atomic E-state index is 13.9. The fourth-order valence-electron chi connectivity index (χ4n) is 6.78. The molecule has 2 fully saturated rings. The number of ether oxygens (including phenoxy) is 1. The predicted molar refractivity (Wildman–Crippen MR) is 186 cm³/mol. The van der Waals surface area contributed by atoms with Crippen LogP contribution < -0.4 is 11.1 Å². The van der Waals surface area contributed by atoms with E-state index in [2.05, 4.69) is 25.9 Å². The van der Waals surface area contributed by atoms with Crippen LogP contribution in [0.15, 0.2) is 71.6 Å². The average Bonchev–Trinajstić information content (AvgIpc) is 3.68. The van der Waals surface area contributed by atoms with Crippen molar-refractivity contribution < 1.29 is 22.7 Å². The van der Waals surface area contributed by atoms with Crippen LogP contribution in [0.3, 0.4) is 0 Å². The number of aromatic amines is 1. The topological polar surface area (TPSA) is 173 Å². The number of Topliss-reactive ketones (excluding diaryl/α,β-unsaturated/α-hetero) is 1. The Morgan fingerprint density at radius 2 is 1.76 bits per heavy atom. The van der Waals surface area contributed by atoms with Gasteiger partial charge in [0.25, 0.3) is 0 Å². The number of carbonyl (C=O) groups excluding carboxylic acids is 2. The van der Waals surface area contributed by atoms with Crippen molar-refractivity contribution in [2.75, 3.05) is 38.2 Å². The first-order valence-corrected chi connectivity index (χ1v) is 18.3. The summed E-state index contributed by atoms with van der Waals surface area (Å²) < 4.78 is 33.7. The van der Waals surface area contributed by atoms with Crippen LogP contribution in [0.5, 0.6) is 0 Å². The van der Waals surface area contributed by atoms with Gasteiger partial charge in [0, 0.05) is 42.6 Å². The number of benzene rings is 3. The summed E-state index contributed by atoms with van der Waals surface area (Å²) in [7, 11) is -3.68. The maximum absolute atomic E-state index is 13.9. The molecule has 13 heteroatoms. The van der Waals surface area contributed by atoms with Crippen molar-refractivity contribution in [3.63, 3.8) is 0 Å². The van der Waals surface area contributed by atoms with Crippen molar-refractivity contribution >= 4 is 27.4 Å². The Morgan fingerprint density at radius 3 is 2.45 bits per heavy atom. The summed E-state index contributed by atoms with van der Waals surface area (Å²) in [5.74, 6) is 0.0863. The molecule has 3 aromatic carbocycles. The van der Waals surface area contributed by atoms with Crippen LogP contribution in [-0.4, -0.2) is 77.9 Å². The van der Waals surface area contributed by atoms with Crippen molar-refractivity contribution in [1.82, 2.24) is 24.9 Å². The number of anilines is 1. The molecule has 1 atom stereocenters. The molecule has 4 N–H and O–H groups in total. The van der Waals surface area contributed by atoms with Crippen molar-refractivity contribution in [1.29, 1.82) is 0 Å². The fraction of sp³-hybridized carbons (Fsp3) is 0.417. The predicted octanol–water partition coefficient (Wildman–Crippen LogP) is 4.38. The van der Waals surface area contributed by atoms with Crippen LogP contribution >= 0.6 is 0 Å². The van der Waals surface area contributed by atoms with Gasteiger partial charge in [0.2, 0.25) is 21.8 Å². The molecular formula is C36H43N7O5S. The summed E-state index contributed by atoms with van der Waals surface area (Å²) in [5, 5.41) is 17.0. The molecule has 1 saturated heterocycles. The van der Waals surface area contributed by atoms with E-state index in [0.717, 1.165) is 53.5 Å². The van der Waals surface area contributed by atoms with Crippen molar-refractivity contribution in [2.24, 2.45) is 23.5 Å². The van der Waals surface area contributed by atoms with Crippen LogP contribution in [0.25, 0.3) is 22.5 Å². The summed E-state index contributed by atoms with van der Waals surface area (Å²) >= 11 is 0. The number of H-pyrrole nitrogens is 1. The number of morpholine rings is 1. The Labute approximate surface area is 286 Å². The van der Waals surface area contributed by atoms with E-state index in [-0.39, 0.29) is 28.9 Å². The number of nitrogens with zero attached hydrogens (tertiary/aromatic N) is 4. The van der Waals surface area contributed by atoms with Crippen LogP contribution in [0.2, 0.25) is 0 Å². The molecule has 1 aromatic heterocycles. The molecule has 0 radical (unpaired) electrons. The first-order valence-electron chi connectivity index (χ1n) is 16.9. The summed E-state index contributed by atoms with van der Waals surface area (Å²) in [6.07, 6.45) is 3.92. The number of sulfonamides is 1. The maximum Gasteiger partial charge on any atom is 0.243 e. The van der Waals surface area contributed by atoms with E-state index in [9.17, 15) is 18.0 Å². The molecule has 258 valence electrons. The van der Waals surface area contributed by atoms with Crippen molar-refractivity contribution in [3.05, 3.63) is 77.9 Å². The minimum atomic E-state index is -3.68. The molecule has 6 rings (SSSR count). The molecule has 12 nitrogen and oxygen atoms in total. The molecule has 0 spiro atoms. The van der Waals surface area contributed by atoms with E-state index in [1.165, 1.54) is 4.31 Å². The summed E-state index contributed by atoms with van der Waals surface area (Å²) in [4.78, 5) is 27.7. The molecule has 1 saturated carbocycles. The third-order valence-corrected chi connectivity index (χ3v) is 11.6. The molecule has 2 heterocycles. The monoisotopic (exact) mass is 685 g/mol. The standard InChI is InChI=1S/C36H43N7O5S/c1-24-5-14-32(49(46,47)43-15-17-48-18-16-43)22-33(24)29-4-2-3-26(19-29)20-30(21-34(44)27-8-6-25(23-37)7-9-27)36(45)38-31-12-10-28(11-13-31)35-39-41-42-40-35/h2-5,10-14,19,22,25,27,30H,6-9,15-18,20-21,23,37H2,1H3,(H,38,45)(H,39,40,41,42)/t25?,27?,30-/m1/s1. The second-order valence-corrected chi connectivity index (χ2v) is 15.0. The van der Waals surface area contributed by atoms with E-state index >= 15 is 0 Å². The number of aryl methyl sites for hydroxylation is 1. The quantitative estimate of drug-likeness (QED) is 0.196. The lowest BCUT2D eigenvalue weighted by molar-refractivity contribution is -0.129. The molecule has 1 aliphatic heterocycles. The molecule has 4 aromatic rings. The van der Waals surface area contributed by atoms with Crippen LogP contribution in [0.1, 0.15) is 43.2 Å². The first-order chi connectivity index (χ1) is 23.7. The summed E-state index contributed by atoms with van der Waals surface area (Å²) in [6, 6.07) is 20.1. The number of hydrogen-bond acceptors (Lipinski definition) is 9. The molecule has 2 aliphatic rings. The van der Waals surface area contributed by atoms with E-state index in [0.29, 0.717) is 56.7 Å². The number of tetrazole rings is 1. The average molecular weight is 686 g/mol. The Kier molecular flexibility index (Phi) is 10.9. The Morgan fingerprint density at radius 1 is 1.00 bits per heavy atom. The number of nitrogens with two attached hydrogens (primary N) is 1. The van der Waals surface area contributed by atoms with Gasteiger partial charge in [0.1, 0.15) is 5.78 Å². The number of amides is 1. The highest BCUT2D eigenvalue weighted by molar-refractivity contribution is 7.89. The van der Waals surface area contributed by atoms with Crippen LogP contribution in [0.4, 0.5) is 5.69 Å². The minimum absolute atomic E-state index is 0.0718. The van der Waals surface area contributed by atoms with E-state index in [1.807, 2.05) is 37.3 Å². The number of carbonyl (C=O) groups is 2. The van der Waals surface area contributed by atoms with Gasteiger partial charge in [-0.15, -0.1) is 10.2 Å². The number of rotatable bonds is 12. The molecule has 0 unspecified atom stereocenters. The normalized spacial score (nSPS) is 19.3. The van der Waals surface area contributed by atoms with Crippen molar-refractivity contribution in [2.45, 2.75) is 50.3 Å². The van der Waals surface area contributed by atoms with E-state index < -0.39 is 15.9 Å². The lowest BCUT2D eigenvalue weighted by atomic mass is 9.77. The zero-order valence-corrected chi connectivity index (χ0v) is 28.5. The lowest BCUT2D eigenvalue weighted by Crippen LogP contribution is -2.40. The zero-order chi connectivity index (χ0) is 34.4. The highest BCUT2D eigenvalue weighted by Crippen LogP contribution is 2.33. The van der Waals surface area contributed by atoms with Crippen LogP contribution in [-0.2, 0) is 30.8 Å². The van der Waals surface area contributed by atoms with Gasteiger partial charge < -0.3 is 15.8 Å². The Bertz CT molecular complexity index is 1850. The van der Waals surface area contributed by atoms with Gasteiger partial charge in [0.15, 0.2) is 0 Å². The molecule has 0 bridgehead atoms. The number of nitrogens with one attached hydrogen (secondary N) is 2. The number of ketones is 1. The smallest absolute Gasteiger partial charge is 0.243 e. The van der Waals surface area contributed by atoms with Crippen LogP contribution in [0, 0.1) is 24.7 Å². The number of aromatic nitrogens is 4. The van der Waals surface area contributed by atoms with E-state index in [1.54, 1.807) is 36.4 Å².